The average molecular weight is 544 g/mol. The molecule has 2 N–H and O–H groups in total. The van der Waals surface area contributed by atoms with Crippen molar-refractivity contribution in [3.63, 3.8) is 0 Å². The summed E-state index contributed by atoms with van der Waals surface area (Å²) in [5, 5.41) is 13.8. The minimum Gasteiger partial charge on any atom is -0.387 e. The number of halogens is 3. The molecular weight excluding hydrogens is 519 g/mol. The Morgan fingerprint density at radius 3 is 2.23 bits per heavy atom. The van der Waals surface area contributed by atoms with E-state index >= 15 is 0 Å². The fourth-order valence-electron chi connectivity index (χ4n) is 4.70. The third-order valence-corrected chi connectivity index (χ3v) is 6.78. The lowest BCUT2D eigenvalue weighted by atomic mass is 9.88. The topological polar surface area (TPSA) is 82.0 Å². The molecule has 0 bridgehead atoms. The number of benzodiazepines with no additional fused rings is 1. The Labute approximate surface area is 228 Å². The van der Waals surface area contributed by atoms with E-state index in [1.165, 1.54) is 17.0 Å². The van der Waals surface area contributed by atoms with Gasteiger partial charge in [-0.25, -0.2) is 18.2 Å². The summed E-state index contributed by atoms with van der Waals surface area (Å²) in [6.07, 6.45) is -3.05. The number of aliphatic hydroxyl groups excluding tert-OH is 1. The second-order valence-electron chi connectivity index (χ2n) is 9.32. The summed E-state index contributed by atoms with van der Waals surface area (Å²) < 4.78 is 41.3. The number of nitrogens with one attached hydrogen (secondary N) is 1. The molecule has 0 radical (unpaired) electrons. The zero-order chi connectivity index (χ0) is 28.4. The number of anilines is 1. The number of likely N-dealkylation sites (N-methyl/N-ethyl adjacent to an activating group) is 1. The van der Waals surface area contributed by atoms with Gasteiger partial charge in [0.15, 0.2) is 11.6 Å². The van der Waals surface area contributed by atoms with Crippen LogP contribution in [-0.4, -0.2) is 35.8 Å². The van der Waals surface area contributed by atoms with Gasteiger partial charge < -0.3 is 15.3 Å². The Morgan fingerprint density at radius 2 is 1.52 bits per heavy atom. The largest absolute Gasteiger partial charge is 0.387 e. The number of carbonyl (C=O) groups excluding carboxylic acids is 2. The zero-order valence-corrected chi connectivity index (χ0v) is 21.3. The fourth-order valence-corrected chi connectivity index (χ4v) is 4.70. The van der Waals surface area contributed by atoms with Gasteiger partial charge in [0, 0.05) is 18.2 Å². The molecule has 3 atom stereocenters. The number of benzene rings is 4. The summed E-state index contributed by atoms with van der Waals surface area (Å²) in [5.41, 5.74) is 2.57. The van der Waals surface area contributed by atoms with Crippen LogP contribution in [0.1, 0.15) is 34.3 Å². The molecule has 0 saturated carbocycles. The molecule has 6 nitrogen and oxygen atoms in total. The van der Waals surface area contributed by atoms with Crippen LogP contribution in [0.3, 0.4) is 0 Å². The Hall–Kier alpha value is -4.76. The second kappa shape index (κ2) is 11.2. The molecular formula is C31H24F3N3O3. The van der Waals surface area contributed by atoms with Gasteiger partial charge in [0.25, 0.3) is 5.91 Å². The highest BCUT2D eigenvalue weighted by Gasteiger charge is 2.36. The van der Waals surface area contributed by atoms with E-state index in [4.69, 9.17) is 0 Å². The minimum atomic E-state index is -1.66. The van der Waals surface area contributed by atoms with Gasteiger partial charge in [0.2, 0.25) is 12.1 Å². The third-order valence-electron chi connectivity index (χ3n) is 6.78. The molecule has 4 aromatic carbocycles. The van der Waals surface area contributed by atoms with E-state index < -0.39 is 47.5 Å². The first-order valence-electron chi connectivity index (χ1n) is 12.4. The highest BCUT2D eigenvalue weighted by atomic mass is 19.2. The van der Waals surface area contributed by atoms with Crippen LogP contribution in [0.25, 0.3) is 0 Å². The number of hydrogen-bond acceptors (Lipinski definition) is 4. The van der Waals surface area contributed by atoms with Gasteiger partial charge in [-0.2, -0.15) is 0 Å². The number of aliphatic hydroxyl groups is 1. The molecule has 0 fully saturated rings. The van der Waals surface area contributed by atoms with Crippen molar-refractivity contribution >= 4 is 23.2 Å². The molecule has 5 rings (SSSR count). The van der Waals surface area contributed by atoms with Crippen LogP contribution in [0.4, 0.5) is 18.9 Å². The number of para-hydroxylation sites is 1. The maximum atomic E-state index is 14.0. The molecule has 0 aromatic heterocycles. The van der Waals surface area contributed by atoms with Gasteiger partial charge in [-0.05, 0) is 41.5 Å². The molecule has 0 saturated heterocycles. The Balaban J connectivity index is 1.56. The summed E-state index contributed by atoms with van der Waals surface area (Å²) in [6.45, 7) is 0. The summed E-state index contributed by atoms with van der Waals surface area (Å²) in [5.74, 6) is -5.66. The van der Waals surface area contributed by atoms with Gasteiger partial charge >= 0.3 is 0 Å². The van der Waals surface area contributed by atoms with Gasteiger partial charge in [0.1, 0.15) is 5.82 Å². The summed E-state index contributed by atoms with van der Waals surface area (Å²) in [4.78, 5) is 33.4. The summed E-state index contributed by atoms with van der Waals surface area (Å²) >= 11 is 0. The molecule has 4 aromatic rings. The van der Waals surface area contributed by atoms with E-state index in [2.05, 4.69) is 10.3 Å². The normalized spacial score (nSPS) is 16.4. The third kappa shape index (κ3) is 5.23. The standard InChI is InChI=1S/C31H24F3N3O3/c1-37-25-10-6-5-9-22(25)27(19-7-3-2-4-8-19)35-29(31(37)40)36-30(39)26(18-11-14-21(32)15-12-18)28(38)20-13-16-23(33)24(34)17-20/h2-17,26,28-29,38H,1H3,(H,36,39)/t26-,28+,29+/m0/s1. The number of nitrogens with zero attached hydrogens (tertiary/aromatic N) is 2. The Bertz CT molecular complexity index is 1590. The number of hydrogen-bond donors (Lipinski definition) is 2. The SMILES string of the molecule is CN1C(=O)[C@@H](NC(=O)[C@@H](c2ccc(F)cc2)[C@H](O)c2ccc(F)c(F)c2)N=C(c2ccccc2)c2ccccc21. The van der Waals surface area contributed by atoms with E-state index in [9.17, 15) is 27.9 Å². The maximum Gasteiger partial charge on any atom is 0.272 e. The molecule has 1 aliphatic heterocycles. The van der Waals surface area contributed by atoms with E-state index in [0.717, 1.165) is 30.3 Å². The van der Waals surface area contributed by atoms with Crippen molar-refractivity contribution in [2.24, 2.45) is 4.99 Å². The van der Waals surface area contributed by atoms with Crippen LogP contribution >= 0.6 is 0 Å². The molecule has 2 amide bonds. The first-order valence-corrected chi connectivity index (χ1v) is 12.4. The first-order chi connectivity index (χ1) is 19.2. The number of fused-ring (bicyclic) bond motifs is 1. The quantitative estimate of drug-likeness (QED) is 0.364. The number of aliphatic imine (C=N–C) groups is 1. The maximum absolute atomic E-state index is 14.0. The van der Waals surface area contributed by atoms with Crippen LogP contribution in [-0.2, 0) is 9.59 Å². The average Bonchev–Trinajstić information content (AvgIpc) is 3.06. The summed E-state index contributed by atoms with van der Waals surface area (Å²) in [7, 11) is 1.57. The molecule has 1 aliphatic rings. The van der Waals surface area contributed by atoms with Crippen LogP contribution < -0.4 is 10.2 Å². The first kappa shape index (κ1) is 26.8. The van der Waals surface area contributed by atoms with E-state index in [0.29, 0.717) is 22.5 Å². The monoisotopic (exact) mass is 543 g/mol. The van der Waals surface area contributed by atoms with Crippen molar-refractivity contribution in [3.8, 4) is 0 Å². The van der Waals surface area contributed by atoms with Gasteiger partial charge in [-0.1, -0.05) is 66.7 Å². The molecule has 1 heterocycles. The number of rotatable bonds is 6. The molecule has 40 heavy (non-hydrogen) atoms. The fraction of sp³-hybridized carbons (Fsp3) is 0.129. The van der Waals surface area contributed by atoms with Crippen LogP contribution in [0, 0.1) is 17.5 Å². The second-order valence-corrected chi connectivity index (χ2v) is 9.32. The van der Waals surface area contributed by atoms with Crippen molar-refractivity contribution in [1.82, 2.24) is 5.32 Å². The zero-order valence-electron chi connectivity index (χ0n) is 21.3. The molecule has 0 spiro atoms. The van der Waals surface area contributed by atoms with Crippen molar-refractivity contribution in [1.29, 1.82) is 0 Å². The van der Waals surface area contributed by atoms with Crippen LogP contribution in [0.5, 0.6) is 0 Å². The van der Waals surface area contributed by atoms with E-state index in [1.54, 1.807) is 19.2 Å². The lowest BCUT2D eigenvalue weighted by molar-refractivity contribution is -0.130. The Kier molecular flexibility index (Phi) is 7.48. The van der Waals surface area contributed by atoms with Crippen molar-refractivity contribution < 1.29 is 27.9 Å². The predicted molar refractivity (Wildman–Crippen MR) is 144 cm³/mol. The van der Waals surface area contributed by atoms with Crippen molar-refractivity contribution in [2.45, 2.75) is 18.2 Å². The lowest BCUT2D eigenvalue weighted by Gasteiger charge is -2.26. The molecule has 202 valence electrons. The van der Waals surface area contributed by atoms with Crippen molar-refractivity contribution in [3.05, 3.63) is 137 Å². The smallest absolute Gasteiger partial charge is 0.272 e. The summed E-state index contributed by atoms with van der Waals surface area (Å²) in [6, 6.07) is 24.0. The highest BCUT2D eigenvalue weighted by molar-refractivity contribution is 6.20. The molecule has 9 heteroatoms. The van der Waals surface area contributed by atoms with E-state index in [1.807, 2.05) is 42.5 Å². The van der Waals surface area contributed by atoms with Crippen molar-refractivity contribution in [2.75, 3.05) is 11.9 Å². The lowest BCUT2D eigenvalue weighted by Crippen LogP contribution is -2.48. The van der Waals surface area contributed by atoms with E-state index in [-0.39, 0.29) is 11.1 Å². The van der Waals surface area contributed by atoms with Gasteiger partial charge in [-0.3, -0.25) is 9.59 Å². The van der Waals surface area contributed by atoms with Crippen LogP contribution in [0.2, 0.25) is 0 Å². The van der Waals surface area contributed by atoms with Crippen LogP contribution in [0.15, 0.2) is 102 Å². The predicted octanol–water partition coefficient (Wildman–Crippen LogP) is 4.88. The van der Waals surface area contributed by atoms with Gasteiger partial charge in [0.05, 0.1) is 23.4 Å². The molecule has 0 unspecified atom stereocenters. The van der Waals surface area contributed by atoms with Gasteiger partial charge in [-0.15, -0.1) is 0 Å². The minimum absolute atomic E-state index is 0.0754. The number of amides is 2. The number of carbonyl (C=O) groups is 2. The highest BCUT2D eigenvalue weighted by Crippen LogP contribution is 2.33. The Morgan fingerprint density at radius 1 is 0.875 bits per heavy atom. The molecule has 0 aliphatic carbocycles.